The van der Waals surface area contributed by atoms with Gasteiger partial charge in [-0.05, 0) is 37.7 Å². The van der Waals surface area contributed by atoms with Crippen LogP contribution in [-0.4, -0.2) is 26.0 Å². The van der Waals surface area contributed by atoms with Gasteiger partial charge in [0.15, 0.2) is 5.16 Å². The molecule has 0 aliphatic heterocycles. The molecule has 22 heavy (non-hydrogen) atoms. The van der Waals surface area contributed by atoms with E-state index in [4.69, 9.17) is 4.98 Å². The number of aliphatic hydroxyl groups is 1. The third kappa shape index (κ3) is 2.32. The molecule has 2 atom stereocenters. The molecule has 0 amide bonds. The first kappa shape index (κ1) is 14.7. The molecule has 4 nitrogen and oxygen atoms in total. The number of rotatable bonds is 2. The molecule has 2 aromatic heterocycles. The molecule has 1 N–H and O–H groups in total. The average Bonchev–Trinajstić information content (AvgIpc) is 3.07. The van der Waals surface area contributed by atoms with E-state index in [1.165, 1.54) is 10.4 Å². The summed E-state index contributed by atoms with van der Waals surface area (Å²) in [4.78, 5) is 19.7. The summed E-state index contributed by atoms with van der Waals surface area (Å²) in [5, 5.41) is 11.9. The van der Waals surface area contributed by atoms with Crippen LogP contribution in [0, 0.1) is 0 Å². The Hall–Kier alpha value is -0.850. The lowest BCUT2D eigenvalue weighted by Crippen LogP contribution is -2.28. The van der Waals surface area contributed by atoms with Gasteiger partial charge in [-0.15, -0.1) is 11.3 Å². The zero-order valence-corrected chi connectivity index (χ0v) is 14.3. The second-order valence-corrected chi connectivity index (χ2v) is 8.59. The summed E-state index contributed by atoms with van der Waals surface area (Å²) in [6, 6.07) is 0. The molecule has 0 saturated heterocycles. The van der Waals surface area contributed by atoms with Crippen LogP contribution in [-0.2, 0) is 19.9 Å². The van der Waals surface area contributed by atoms with Crippen LogP contribution in [0.1, 0.15) is 42.5 Å². The monoisotopic (exact) mass is 336 g/mol. The Morgan fingerprint density at radius 2 is 2.09 bits per heavy atom. The topological polar surface area (TPSA) is 55.1 Å². The molecule has 6 heteroatoms. The van der Waals surface area contributed by atoms with Crippen LogP contribution < -0.4 is 5.56 Å². The summed E-state index contributed by atoms with van der Waals surface area (Å²) < 4.78 is 1.68. The minimum Gasteiger partial charge on any atom is -0.392 e. The van der Waals surface area contributed by atoms with Crippen molar-refractivity contribution in [1.29, 1.82) is 0 Å². The number of hydrogen-bond acceptors (Lipinski definition) is 5. The molecule has 2 aliphatic rings. The molecular formula is C16H20N2O2S2. The van der Waals surface area contributed by atoms with Gasteiger partial charge in [-0.1, -0.05) is 24.6 Å². The molecule has 2 unspecified atom stereocenters. The summed E-state index contributed by atoms with van der Waals surface area (Å²) in [6.07, 6.45) is 7.09. The van der Waals surface area contributed by atoms with Crippen molar-refractivity contribution in [3.63, 3.8) is 0 Å². The van der Waals surface area contributed by atoms with Crippen LogP contribution in [0.4, 0.5) is 0 Å². The smallest absolute Gasteiger partial charge is 0.262 e. The van der Waals surface area contributed by atoms with Gasteiger partial charge in [-0.2, -0.15) is 0 Å². The molecule has 0 bridgehead atoms. The molecule has 0 aromatic carbocycles. The second kappa shape index (κ2) is 5.65. The zero-order valence-electron chi connectivity index (χ0n) is 12.7. The minimum absolute atomic E-state index is 0.0807. The van der Waals surface area contributed by atoms with E-state index in [1.807, 2.05) is 7.05 Å². The Morgan fingerprint density at radius 1 is 1.27 bits per heavy atom. The first-order valence-corrected chi connectivity index (χ1v) is 9.71. The normalized spacial score (nSPS) is 24.8. The number of aliphatic hydroxyl groups excluding tert-OH is 1. The highest BCUT2D eigenvalue weighted by atomic mass is 32.2. The lowest BCUT2D eigenvalue weighted by Gasteiger charge is -2.26. The van der Waals surface area contributed by atoms with Crippen LogP contribution in [0.2, 0.25) is 0 Å². The third-order valence-electron chi connectivity index (χ3n) is 4.83. The largest absolute Gasteiger partial charge is 0.392 e. The molecule has 118 valence electrons. The number of hydrogen-bond donors (Lipinski definition) is 1. The number of thioether (sulfide) groups is 1. The van der Waals surface area contributed by atoms with Crippen LogP contribution in [0.15, 0.2) is 9.95 Å². The van der Waals surface area contributed by atoms with Gasteiger partial charge in [0.05, 0.1) is 11.5 Å². The summed E-state index contributed by atoms with van der Waals surface area (Å²) in [7, 11) is 1.81. The van der Waals surface area contributed by atoms with Crippen molar-refractivity contribution in [1.82, 2.24) is 9.55 Å². The van der Waals surface area contributed by atoms with Crippen molar-refractivity contribution in [2.75, 3.05) is 0 Å². The van der Waals surface area contributed by atoms with E-state index in [2.05, 4.69) is 0 Å². The maximum atomic E-state index is 12.7. The molecule has 0 spiro atoms. The van der Waals surface area contributed by atoms with Crippen molar-refractivity contribution in [3.8, 4) is 0 Å². The van der Waals surface area contributed by atoms with E-state index in [-0.39, 0.29) is 16.9 Å². The standard InChI is InChI=1S/C16H20N2O2S2/c1-18-15(20)13-9-5-4-8-11(9)21-14(13)17-16(18)22-12-7-3-2-6-10(12)19/h10,12,19H,2-8H2,1H3. The maximum absolute atomic E-state index is 12.7. The fraction of sp³-hybridized carbons (Fsp3) is 0.625. The lowest BCUT2D eigenvalue weighted by molar-refractivity contribution is 0.137. The fourth-order valence-electron chi connectivity index (χ4n) is 3.56. The summed E-state index contributed by atoms with van der Waals surface area (Å²) in [6.45, 7) is 0. The lowest BCUT2D eigenvalue weighted by atomic mass is 9.97. The molecule has 2 aliphatic carbocycles. The highest BCUT2D eigenvalue weighted by molar-refractivity contribution is 7.99. The molecule has 2 heterocycles. The van der Waals surface area contributed by atoms with E-state index in [0.29, 0.717) is 0 Å². The van der Waals surface area contributed by atoms with Crippen LogP contribution in [0.25, 0.3) is 10.2 Å². The van der Waals surface area contributed by atoms with Gasteiger partial charge in [-0.3, -0.25) is 9.36 Å². The van der Waals surface area contributed by atoms with E-state index in [0.717, 1.165) is 60.3 Å². The Labute approximate surface area is 137 Å². The Balaban J connectivity index is 1.76. The van der Waals surface area contributed by atoms with Gasteiger partial charge in [-0.25, -0.2) is 4.98 Å². The van der Waals surface area contributed by atoms with Crippen LogP contribution in [0.5, 0.6) is 0 Å². The first-order chi connectivity index (χ1) is 10.6. The van der Waals surface area contributed by atoms with Gasteiger partial charge >= 0.3 is 0 Å². The van der Waals surface area contributed by atoms with Gasteiger partial charge in [0, 0.05) is 17.2 Å². The van der Waals surface area contributed by atoms with E-state index < -0.39 is 0 Å². The molecule has 0 radical (unpaired) electrons. The summed E-state index contributed by atoms with van der Waals surface area (Å²) >= 11 is 3.26. The van der Waals surface area contributed by atoms with E-state index in [1.54, 1.807) is 27.7 Å². The van der Waals surface area contributed by atoms with Gasteiger partial charge < -0.3 is 5.11 Å². The highest BCUT2D eigenvalue weighted by Gasteiger charge is 2.27. The van der Waals surface area contributed by atoms with Gasteiger partial charge in [0.1, 0.15) is 4.83 Å². The Bertz CT molecular complexity index is 781. The van der Waals surface area contributed by atoms with Gasteiger partial charge in [0.25, 0.3) is 5.56 Å². The quantitative estimate of drug-likeness (QED) is 0.857. The van der Waals surface area contributed by atoms with Crippen molar-refractivity contribution in [3.05, 3.63) is 20.8 Å². The van der Waals surface area contributed by atoms with E-state index in [9.17, 15) is 9.90 Å². The first-order valence-electron chi connectivity index (χ1n) is 8.01. The van der Waals surface area contributed by atoms with Crippen molar-refractivity contribution in [2.24, 2.45) is 7.05 Å². The zero-order chi connectivity index (χ0) is 15.3. The number of aryl methyl sites for hydroxylation is 2. The van der Waals surface area contributed by atoms with Crippen molar-refractivity contribution in [2.45, 2.75) is 61.5 Å². The molecular weight excluding hydrogens is 316 g/mol. The molecule has 4 rings (SSSR count). The Morgan fingerprint density at radius 3 is 2.91 bits per heavy atom. The Kier molecular flexibility index (Phi) is 3.78. The second-order valence-electron chi connectivity index (χ2n) is 6.30. The predicted molar refractivity (Wildman–Crippen MR) is 91.0 cm³/mol. The SMILES string of the molecule is Cn1c(SC2CCCCC2O)nc2sc3c(c2c1=O)CCC3. The molecule has 1 fully saturated rings. The number of thiophene rings is 1. The predicted octanol–water partition coefficient (Wildman–Crippen LogP) is 2.88. The van der Waals surface area contributed by atoms with Crippen LogP contribution >= 0.6 is 23.1 Å². The fourth-order valence-corrected chi connectivity index (χ4v) is 6.10. The van der Waals surface area contributed by atoms with E-state index >= 15 is 0 Å². The highest BCUT2D eigenvalue weighted by Crippen LogP contribution is 2.37. The van der Waals surface area contributed by atoms with Crippen LogP contribution in [0.3, 0.4) is 0 Å². The summed E-state index contributed by atoms with van der Waals surface area (Å²) in [5.74, 6) is 0. The third-order valence-corrected chi connectivity index (χ3v) is 7.44. The number of nitrogens with zero attached hydrogens (tertiary/aromatic N) is 2. The molecule has 2 aromatic rings. The summed E-state index contributed by atoms with van der Waals surface area (Å²) in [5.41, 5.74) is 1.32. The number of aromatic nitrogens is 2. The van der Waals surface area contributed by atoms with Crippen molar-refractivity contribution < 1.29 is 5.11 Å². The van der Waals surface area contributed by atoms with Gasteiger partial charge in [0.2, 0.25) is 0 Å². The van der Waals surface area contributed by atoms with Crippen molar-refractivity contribution >= 4 is 33.3 Å². The average molecular weight is 336 g/mol. The maximum Gasteiger partial charge on any atom is 0.262 e. The number of fused-ring (bicyclic) bond motifs is 3. The molecule has 1 saturated carbocycles. The minimum atomic E-state index is -0.278.